The predicted octanol–water partition coefficient (Wildman–Crippen LogP) is 2.52. The minimum Gasteiger partial charge on any atom is -0.382 e. The van der Waals surface area contributed by atoms with E-state index in [-0.39, 0.29) is 0 Å². The Balaban J connectivity index is 2.06. The molecule has 1 aliphatic rings. The predicted molar refractivity (Wildman–Crippen MR) is 63.5 cm³/mol. The van der Waals surface area contributed by atoms with Crippen LogP contribution in [0.1, 0.15) is 18.4 Å². The molecule has 0 radical (unpaired) electrons. The van der Waals surface area contributed by atoms with Gasteiger partial charge < -0.3 is 11.1 Å². The van der Waals surface area contributed by atoms with E-state index in [0.717, 1.165) is 25.8 Å². The number of hydrogen-bond acceptors (Lipinski definition) is 2. The molecule has 3 heteroatoms. The van der Waals surface area contributed by atoms with E-state index in [9.17, 15) is 0 Å². The van der Waals surface area contributed by atoms with E-state index in [1.165, 1.54) is 15.7 Å². The summed E-state index contributed by atoms with van der Waals surface area (Å²) in [6, 6.07) is 6.89. The molecule has 0 aliphatic carbocycles. The number of hydrogen-bond donors (Lipinski definition) is 2. The van der Waals surface area contributed by atoms with Crippen LogP contribution in [0.3, 0.4) is 0 Å². The van der Waals surface area contributed by atoms with Gasteiger partial charge in [-0.2, -0.15) is 0 Å². The van der Waals surface area contributed by atoms with Crippen molar-refractivity contribution in [2.24, 2.45) is 5.73 Å². The van der Waals surface area contributed by atoms with Crippen molar-refractivity contribution >= 4 is 21.6 Å². The lowest BCUT2D eigenvalue weighted by atomic mass is 10.1. The van der Waals surface area contributed by atoms with Crippen molar-refractivity contribution in [1.82, 2.24) is 0 Å². The Hall–Kier alpha value is -0.540. The number of halogens is 1. The maximum Gasteiger partial charge on any atom is 0.0387 e. The van der Waals surface area contributed by atoms with Gasteiger partial charge in [0.25, 0.3) is 0 Å². The Labute approximate surface area is 93.0 Å². The second kappa shape index (κ2) is 4.32. The topological polar surface area (TPSA) is 38.0 Å². The summed E-state index contributed by atoms with van der Waals surface area (Å²) in [5.41, 5.74) is 8.20. The highest BCUT2D eigenvalue weighted by Crippen LogP contribution is 2.32. The quantitative estimate of drug-likeness (QED) is 0.870. The van der Waals surface area contributed by atoms with Crippen molar-refractivity contribution in [3.8, 4) is 0 Å². The van der Waals surface area contributed by atoms with Gasteiger partial charge in [0.2, 0.25) is 0 Å². The van der Waals surface area contributed by atoms with Gasteiger partial charge in [0.05, 0.1) is 0 Å². The first kappa shape index (κ1) is 9.99. The van der Waals surface area contributed by atoms with E-state index in [0.29, 0.717) is 6.04 Å². The fraction of sp³-hybridized carbons (Fsp3) is 0.455. The molecular formula is C11H15BrN2. The van der Waals surface area contributed by atoms with Crippen molar-refractivity contribution in [3.05, 3.63) is 28.2 Å². The molecule has 0 bridgehead atoms. The van der Waals surface area contributed by atoms with Gasteiger partial charge in [0, 0.05) is 16.2 Å². The van der Waals surface area contributed by atoms with Gasteiger partial charge in [-0.1, -0.05) is 22.0 Å². The molecule has 0 spiro atoms. The summed E-state index contributed by atoms with van der Waals surface area (Å²) in [4.78, 5) is 0. The lowest BCUT2D eigenvalue weighted by Gasteiger charge is -2.09. The van der Waals surface area contributed by atoms with Crippen LogP contribution in [0.2, 0.25) is 0 Å². The highest BCUT2D eigenvalue weighted by Gasteiger charge is 2.21. The number of anilines is 1. The number of rotatable bonds is 3. The van der Waals surface area contributed by atoms with E-state index in [1.807, 2.05) is 0 Å². The molecule has 2 rings (SSSR count). The molecule has 0 saturated heterocycles. The summed E-state index contributed by atoms with van der Waals surface area (Å²) in [6.45, 7) is 0.787. The summed E-state index contributed by atoms with van der Waals surface area (Å²) in [5, 5.41) is 3.52. The van der Waals surface area contributed by atoms with Gasteiger partial charge >= 0.3 is 0 Å². The van der Waals surface area contributed by atoms with Gasteiger partial charge in [0.1, 0.15) is 0 Å². The summed E-state index contributed by atoms with van der Waals surface area (Å²) < 4.78 is 1.22. The molecular weight excluding hydrogens is 240 g/mol. The molecule has 1 aromatic rings. The SMILES string of the molecule is NCCCC1Cc2c(Br)cccc2N1. The first-order valence-corrected chi connectivity index (χ1v) is 5.84. The van der Waals surface area contributed by atoms with Crippen LogP contribution in [0.5, 0.6) is 0 Å². The van der Waals surface area contributed by atoms with Crippen LogP contribution in [0.4, 0.5) is 5.69 Å². The lowest BCUT2D eigenvalue weighted by Crippen LogP contribution is -2.16. The van der Waals surface area contributed by atoms with E-state index in [1.54, 1.807) is 0 Å². The molecule has 1 heterocycles. The van der Waals surface area contributed by atoms with Crippen LogP contribution in [0.15, 0.2) is 22.7 Å². The van der Waals surface area contributed by atoms with E-state index in [4.69, 9.17) is 5.73 Å². The molecule has 3 N–H and O–H groups in total. The summed E-state index contributed by atoms with van der Waals surface area (Å²) in [7, 11) is 0. The fourth-order valence-electron chi connectivity index (χ4n) is 1.96. The first-order valence-electron chi connectivity index (χ1n) is 5.05. The molecule has 1 unspecified atom stereocenters. The minimum absolute atomic E-state index is 0.576. The summed E-state index contributed by atoms with van der Waals surface area (Å²) >= 11 is 3.58. The maximum atomic E-state index is 5.50. The summed E-state index contributed by atoms with van der Waals surface area (Å²) in [5.74, 6) is 0. The van der Waals surface area contributed by atoms with Crippen LogP contribution in [-0.2, 0) is 6.42 Å². The van der Waals surface area contributed by atoms with E-state index < -0.39 is 0 Å². The molecule has 0 aromatic heterocycles. The Morgan fingerprint density at radius 2 is 2.36 bits per heavy atom. The zero-order valence-electron chi connectivity index (χ0n) is 8.09. The van der Waals surface area contributed by atoms with Crippen LogP contribution >= 0.6 is 15.9 Å². The standard InChI is InChI=1S/C11H15BrN2/c12-10-4-1-5-11-9(10)7-8(14-11)3-2-6-13/h1,4-5,8,14H,2-3,6-7,13H2. The van der Waals surface area contributed by atoms with Gasteiger partial charge in [-0.25, -0.2) is 0 Å². The average Bonchev–Trinajstić information content (AvgIpc) is 2.59. The molecule has 0 amide bonds. The number of fused-ring (bicyclic) bond motifs is 1. The molecule has 0 fully saturated rings. The van der Waals surface area contributed by atoms with Crippen LogP contribution < -0.4 is 11.1 Å². The Kier molecular flexibility index (Phi) is 3.08. The van der Waals surface area contributed by atoms with Crippen molar-refractivity contribution < 1.29 is 0 Å². The number of nitrogens with two attached hydrogens (primary N) is 1. The van der Waals surface area contributed by atoms with Gasteiger partial charge in [-0.15, -0.1) is 0 Å². The zero-order valence-corrected chi connectivity index (χ0v) is 9.68. The largest absolute Gasteiger partial charge is 0.382 e. The highest BCUT2D eigenvalue weighted by atomic mass is 79.9. The molecule has 14 heavy (non-hydrogen) atoms. The number of nitrogens with one attached hydrogen (secondary N) is 1. The third-order valence-electron chi connectivity index (χ3n) is 2.69. The molecule has 2 nitrogen and oxygen atoms in total. The van der Waals surface area contributed by atoms with Gasteiger partial charge in [-0.05, 0) is 43.5 Å². The fourth-order valence-corrected chi connectivity index (χ4v) is 2.49. The van der Waals surface area contributed by atoms with Gasteiger partial charge in [-0.3, -0.25) is 0 Å². The first-order chi connectivity index (χ1) is 6.81. The number of benzene rings is 1. The normalized spacial score (nSPS) is 19.1. The van der Waals surface area contributed by atoms with Crippen LogP contribution in [0.25, 0.3) is 0 Å². The Bertz CT molecular complexity index is 325. The zero-order chi connectivity index (χ0) is 9.97. The molecule has 1 aromatic carbocycles. The molecule has 76 valence electrons. The second-order valence-electron chi connectivity index (χ2n) is 3.74. The monoisotopic (exact) mass is 254 g/mol. The summed E-state index contributed by atoms with van der Waals surface area (Å²) in [6.07, 6.45) is 3.39. The lowest BCUT2D eigenvalue weighted by molar-refractivity contribution is 0.638. The minimum atomic E-state index is 0.576. The Morgan fingerprint density at radius 3 is 3.07 bits per heavy atom. The third-order valence-corrected chi connectivity index (χ3v) is 3.43. The molecule has 0 saturated carbocycles. The van der Waals surface area contributed by atoms with Crippen molar-refractivity contribution in [2.75, 3.05) is 11.9 Å². The van der Waals surface area contributed by atoms with Crippen molar-refractivity contribution in [3.63, 3.8) is 0 Å². The smallest absolute Gasteiger partial charge is 0.0387 e. The van der Waals surface area contributed by atoms with Crippen LogP contribution in [-0.4, -0.2) is 12.6 Å². The van der Waals surface area contributed by atoms with Crippen LogP contribution in [0, 0.1) is 0 Å². The van der Waals surface area contributed by atoms with Crippen molar-refractivity contribution in [2.45, 2.75) is 25.3 Å². The van der Waals surface area contributed by atoms with Crippen molar-refractivity contribution in [1.29, 1.82) is 0 Å². The molecule has 1 aliphatic heterocycles. The molecule has 1 atom stereocenters. The van der Waals surface area contributed by atoms with E-state index in [2.05, 4.69) is 39.4 Å². The highest BCUT2D eigenvalue weighted by molar-refractivity contribution is 9.10. The van der Waals surface area contributed by atoms with Gasteiger partial charge in [0.15, 0.2) is 0 Å². The second-order valence-corrected chi connectivity index (χ2v) is 4.60. The Morgan fingerprint density at radius 1 is 1.50 bits per heavy atom. The maximum absolute atomic E-state index is 5.50. The third kappa shape index (κ3) is 1.93. The average molecular weight is 255 g/mol. The van der Waals surface area contributed by atoms with E-state index >= 15 is 0 Å².